The predicted molar refractivity (Wildman–Crippen MR) is 73.6 cm³/mol. The van der Waals surface area contributed by atoms with E-state index in [9.17, 15) is 8.42 Å². The van der Waals surface area contributed by atoms with Crippen LogP contribution < -0.4 is 5.32 Å². The van der Waals surface area contributed by atoms with E-state index in [4.69, 9.17) is 0 Å². The van der Waals surface area contributed by atoms with Crippen LogP contribution >= 0.6 is 0 Å². The molecule has 2 unspecified atom stereocenters. The molecule has 0 spiro atoms. The predicted octanol–water partition coefficient (Wildman–Crippen LogP) is 2.22. The number of rotatable bonds is 3. The zero-order valence-corrected chi connectivity index (χ0v) is 12.0. The molecule has 18 heavy (non-hydrogen) atoms. The highest BCUT2D eigenvalue weighted by atomic mass is 32.2. The molecular weight excluding hydrogens is 246 g/mol. The minimum Gasteiger partial charge on any atom is -0.316 e. The van der Waals surface area contributed by atoms with E-state index in [1.54, 1.807) is 12.1 Å². The monoisotopic (exact) mass is 267 g/mol. The SMILES string of the molecule is CNC1CCCC1S(=O)(=O)c1ccc(C)c(C)c1. The van der Waals surface area contributed by atoms with Gasteiger partial charge < -0.3 is 5.32 Å². The first-order valence-electron chi connectivity index (χ1n) is 6.45. The lowest BCUT2D eigenvalue weighted by molar-refractivity contribution is 0.538. The molecule has 0 aliphatic heterocycles. The zero-order valence-electron chi connectivity index (χ0n) is 11.2. The van der Waals surface area contributed by atoms with Crippen LogP contribution in [0.3, 0.4) is 0 Å². The molecule has 1 fully saturated rings. The van der Waals surface area contributed by atoms with Crippen LogP contribution in [-0.2, 0) is 9.84 Å². The average molecular weight is 267 g/mol. The van der Waals surface area contributed by atoms with Crippen LogP contribution in [0.2, 0.25) is 0 Å². The summed E-state index contributed by atoms with van der Waals surface area (Å²) in [7, 11) is -1.36. The first-order valence-corrected chi connectivity index (χ1v) is 8.00. The minimum absolute atomic E-state index is 0.0941. The Morgan fingerprint density at radius 3 is 2.50 bits per heavy atom. The molecule has 0 bridgehead atoms. The lowest BCUT2D eigenvalue weighted by Gasteiger charge is -2.19. The second-order valence-electron chi connectivity index (χ2n) is 5.16. The van der Waals surface area contributed by atoms with Crippen LogP contribution in [0.5, 0.6) is 0 Å². The van der Waals surface area contributed by atoms with Gasteiger partial charge in [-0.1, -0.05) is 12.5 Å². The Balaban J connectivity index is 2.38. The molecular formula is C14H21NO2S. The van der Waals surface area contributed by atoms with Crippen molar-refractivity contribution in [2.24, 2.45) is 0 Å². The summed E-state index contributed by atoms with van der Waals surface area (Å²) in [5.74, 6) is 0. The molecule has 0 aromatic heterocycles. The zero-order chi connectivity index (χ0) is 13.3. The third-order valence-electron chi connectivity index (χ3n) is 4.03. The van der Waals surface area contributed by atoms with Gasteiger partial charge in [-0.3, -0.25) is 0 Å². The van der Waals surface area contributed by atoms with E-state index in [2.05, 4.69) is 5.32 Å². The summed E-state index contributed by atoms with van der Waals surface area (Å²) in [4.78, 5) is 0.470. The third kappa shape index (κ3) is 2.31. The molecule has 4 heteroatoms. The number of benzene rings is 1. The molecule has 1 aromatic carbocycles. The van der Waals surface area contributed by atoms with Gasteiger partial charge in [0.05, 0.1) is 10.1 Å². The Labute approximate surface area is 110 Å². The van der Waals surface area contributed by atoms with Gasteiger partial charge in [-0.15, -0.1) is 0 Å². The Morgan fingerprint density at radius 2 is 1.89 bits per heavy atom. The molecule has 1 N–H and O–H groups in total. The second-order valence-corrected chi connectivity index (χ2v) is 7.32. The van der Waals surface area contributed by atoms with Crippen molar-refractivity contribution < 1.29 is 8.42 Å². The van der Waals surface area contributed by atoms with Crippen LogP contribution in [0.4, 0.5) is 0 Å². The molecule has 0 heterocycles. The summed E-state index contributed by atoms with van der Waals surface area (Å²) >= 11 is 0. The second kappa shape index (κ2) is 5.02. The van der Waals surface area contributed by atoms with Gasteiger partial charge in [0.1, 0.15) is 0 Å². The fourth-order valence-corrected chi connectivity index (χ4v) is 4.82. The smallest absolute Gasteiger partial charge is 0.182 e. The molecule has 0 amide bonds. The number of nitrogens with one attached hydrogen (secondary N) is 1. The summed E-state index contributed by atoms with van der Waals surface area (Å²) < 4.78 is 25.3. The van der Waals surface area contributed by atoms with Gasteiger partial charge in [0.2, 0.25) is 0 Å². The van der Waals surface area contributed by atoms with Crippen molar-refractivity contribution in [2.75, 3.05) is 7.05 Å². The molecule has 0 radical (unpaired) electrons. The van der Waals surface area contributed by atoms with Gasteiger partial charge in [-0.05, 0) is 57.0 Å². The van der Waals surface area contributed by atoms with E-state index in [1.807, 2.05) is 27.0 Å². The van der Waals surface area contributed by atoms with Crippen molar-refractivity contribution >= 4 is 9.84 Å². The molecule has 1 aliphatic rings. The van der Waals surface area contributed by atoms with Gasteiger partial charge in [0, 0.05) is 6.04 Å². The Morgan fingerprint density at radius 1 is 1.17 bits per heavy atom. The van der Waals surface area contributed by atoms with Gasteiger partial charge >= 0.3 is 0 Å². The van der Waals surface area contributed by atoms with E-state index in [0.29, 0.717) is 4.90 Å². The maximum absolute atomic E-state index is 12.6. The standard InChI is InChI=1S/C14H21NO2S/c1-10-7-8-12(9-11(10)2)18(16,17)14-6-4-5-13(14)15-3/h7-9,13-15H,4-6H2,1-3H3. The Kier molecular flexibility index (Phi) is 3.78. The van der Waals surface area contributed by atoms with E-state index < -0.39 is 9.84 Å². The Bertz CT molecular complexity index is 537. The van der Waals surface area contributed by atoms with E-state index in [0.717, 1.165) is 30.4 Å². The number of aryl methyl sites for hydroxylation is 2. The van der Waals surface area contributed by atoms with E-state index in [-0.39, 0.29) is 11.3 Å². The molecule has 1 aliphatic carbocycles. The number of hydrogen-bond acceptors (Lipinski definition) is 3. The number of sulfone groups is 1. The minimum atomic E-state index is -3.20. The van der Waals surface area contributed by atoms with Gasteiger partial charge in [-0.25, -0.2) is 8.42 Å². The molecule has 100 valence electrons. The van der Waals surface area contributed by atoms with Crippen molar-refractivity contribution in [3.8, 4) is 0 Å². The van der Waals surface area contributed by atoms with Gasteiger partial charge in [0.25, 0.3) is 0 Å². The lowest BCUT2D eigenvalue weighted by Crippen LogP contribution is -2.38. The van der Waals surface area contributed by atoms with Crippen molar-refractivity contribution in [1.29, 1.82) is 0 Å². The number of hydrogen-bond donors (Lipinski definition) is 1. The van der Waals surface area contributed by atoms with Crippen LogP contribution in [-0.4, -0.2) is 26.8 Å². The molecule has 1 saturated carbocycles. The molecule has 2 rings (SSSR count). The highest BCUT2D eigenvalue weighted by Gasteiger charge is 2.37. The highest BCUT2D eigenvalue weighted by Crippen LogP contribution is 2.30. The van der Waals surface area contributed by atoms with Crippen LogP contribution in [0, 0.1) is 13.8 Å². The Hall–Kier alpha value is -0.870. The average Bonchev–Trinajstić information content (AvgIpc) is 2.81. The normalized spacial score (nSPS) is 24.4. The first kappa shape index (κ1) is 13.6. The summed E-state index contributed by atoms with van der Waals surface area (Å²) in [5.41, 5.74) is 2.17. The first-order chi connectivity index (χ1) is 8.46. The third-order valence-corrected chi connectivity index (χ3v) is 6.30. The summed E-state index contributed by atoms with van der Waals surface area (Å²) in [5, 5.41) is 2.86. The molecule has 2 atom stereocenters. The molecule has 1 aromatic rings. The van der Waals surface area contributed by atoms with Crippen molar-refractivity contribution in [1.82, 2.24) is 5.32 Å². The van der Waals surface area contributed by atoms with E-state index >= 15 is 0 Å². The summed E-state index contributed by atoms with van der Waals surface area (Å²) in [6.07, 6.45) is 2.70. The molecule has 0 saturated heterocycles. The summed E-state index contributed by atoms with van der Waals surface area (Å²) in [6, 6.07) is 5.53. The molecule has 3 nitrogen and oxygen atoms in total. The topological polar surface area (TPSA) is 46.2 Å². The van der Waals surface area contributed by atoms with Gasteiger partial charge in [-0.2, -0.15) is 0 Å². The maximum atomic E-state index is 12.6. The highest BCUT2D eigenvalue weighted by molar-refractivity contribution is 7.92. The fraction of sp³-hybridized carbons (Fsp3) is 0.571. The quantitative estimate of drug-likeness (QED) is 0.913. The van der Waals surface area contributed by atoms with Crippen LogP contribution in [0.25, 0.3) is 0 Å². The van der Waals surface area contributed by atoms with Crippen LogP contribution in [0.1, 0.15) is 30.4 Å². The van der Waals surface area contributed by atoms with Crippen LogP contribution in [0.15, 0.2) is 23.1 Å². The van der Waals surface area contributed by atoms with Crippen molar-refractivity contribution in [3.05, 3.63) is 29.3 Å². The van der Waals surface area contributed by atoms with E-state index in [1.165, 1.54) is 0 Å². The lowest BCUT2D eigenvalue weighted by atomic mass is 10.1. The van der Waals surface area contributed by atoms with Gasteiger partial charge in [0.15, 0.2) is 9.84 Å². The van der Waals surface area contributed by atoms with Crippen molar-refractivity contribution in [3.63, 3.8) is 0 Å². The largest absolute Gasteiger partial charge is 0.316 e. The fourth-order valence-electron chi connectivity index (χ4n) is 2.69. The summed E-state index contributed by atoms with van der Waals surface area (Å²) in [6.45, 7) is 3.95. The maximum Gasteiger partial charge on any atom is 0.182 e. The van der Waals surface area contributed by atoms with Crippen molar-refractivity contribution in [2.45, 2.75) is 49.3 Å².